The number of nitrogens with zero attached hydrogens (tertiary/aromatic N) is 2. The van der Waals surface area contributed by atoms with Gasteiger partial charge in [0.05, 0.1) is 17.8 Å². The van der Waals surface area contributed by atoms with E-state index in [0.717, 1.165) is 42.2 Å². The molecule has 39 heavy (non-hydrogen) atoms. The molecule has 0 aromatic heterocycles. The molecule has 0 bridgehead atoms. The van der Waals surface area contributed by atoms with Gasteiger partial charge in [-0.25, -0.2) is 9.11 Å². The van der Waals surface area contributed by atoms with E-state index in [0.29, 0.717) is 17.6 Å². The van der Waals surface area contributed by atoms with Gasteiger partial charge in [0, 0.05) is 32.7 Å². The molecule has 0 aliphatic heterocycles. The predicted molar refractivity (Wildman–Crippen MR) is 150 cm³/mol. The quantitative estimate of drug-likeness (QED) is 0.403. The van der Waals surface area contributed by atoms with E-state index in [1.807, 2.05) is 10.8 Å². The first kappa shape index (κ1) is 30.4. The highest BCUT2D eigenvalue weighted by Crippen LogP contribution is 2.36. The molecule has 2 N–H and O–H groups in total. The Morgan fingerprint density at radius 2 is 1.74 bits per heavy atom. The summed E-state index contributed by atoms with van der Waals surface area (Å²) in [5.74, 6) is -1.02. The Balaban J connectivity index is 1.87. The summed E-state index contributed by atoms with van der Waals surface area (Å²) in [6.07, 6.45) is 5.44. The van der Waals surface area contributed by atoms with Crippen LogP contribution in [0, 0.1) is 11.7 Å². The molecule has 0 radical (unpaired) electrons. The van der Waals surface area contributed by atoms with Crippen molar-refractivity contribution < 1.29 is 27.1 Å². The van der Waals surface area contributed by atoms with Crippen molar-refractivity contribution in [3.05, 3.63) is 53.8 Å². The molecule has 3 rings (SSSR count). The molecule has 1 saturated carbocycles. The zero-order chi connectivity index (χ0) is 28.6. The normalized spacial score (nSPS) is 14.3. The predicted octanol–water partition coefficient (Wildman–Crippen LogP) is 4.10. The van der Waals surface area contributed by atoms with Gasteiger partial charge >= 0.3 is 10.2 Å². The molecule has 0 spiro atoms. The van der Waals surface area contributed by atoms with Gasteiger partial charge in [0.1, 0.15) is 11.6 Å². The second kappa shape index (κ2) is 13.7. The van der Waals surface area contributed by atoms with Crippen molar-refractivity contribution in [2.75, 3.05) is 37.5 Å². The first-order valence-electron chi connectivity index (χ1n) is 13.3. The maximum absolute atomic E-state index is 14.2. The Kier molecular flexibility index (Phi) is 10.7. The first-order valence-corrected chi connectivity index (χ1v) is 14.7. The summed E-state index contributed by atoms with van der Waals surface area (Å²) < 4.78 is 46.4. The second-order valence-corrected chi connectivity index (χ2v) is 12.3. The Morgan fingerprint density at radius 1 is 1.05 bits per heavy atom. The van der Waals surface area contributed by atoms with Crippen LogP contribution in [0.25, 0.3) is 0 Å². The smallest absolute Gasteiger partial charge is 0.303 e. The first-order chi connectivity index (χ1) is 18.5. The molecule has 9 nitrogen and oxygen atoms in total. The van der Waals surface area contributed by atoms with Crippen LogP contribution in [0.5, 0.6) is 5.75 Å². The van der Waals surface area contributed by atoms with E-state index in [9.17, 15) is 22.4 Å². The number of carbonyl (C=O) groups excluding carboxylic acids is 2. The van der Waals surface area contributed by atoms with E-state index < -0.39 is 28.5 Å². The lowest BCUT2D eigenvalue weighted by Gasteiger charge is -2.38. The fourth-order valence-electron chi connectivity index (χ4n) is 4.61. The van der Waals surface area contributed by atoms with Crippen LogP contribution in [-0.4, -0.2) is 57.8 Å². The molecule has 0 heterocycles. The third kappa shape index (κ3) is 8.93. The third-order valence-corrected chi connectivity index (χ3v) is 7.98. The molecule has 1 aliphatic carbocycles. The monoisotopic (exact) mass is 562 g/mol. The maximum atomic E-state index is 14.2. The van der Waals surface area contributed by atoms with Gasteiger partial charge in [-0.15, -0.1) is 0 Å². The van der Waals surface area contributed by atoms with Gasteiger partial charge in [0.2, 0.25) is 5.91 Å². The molecule has 0 atom stereocenters. The number of nitrogens with one attached hydrogen (secondary N) is 2. The van der Waals surface area contributed by atoms with Crippen LogP contribution >= 0.6 is 0 Å². The van der Waals surface area contributed by atoms with Crippen LogP contribution < -0.4 is 19.7 Å². The lowest BCUT2D eigenvalue weighted by Crippen LogP contribution is -2.41. The summed E-state index contributed by atoms with van der Waals surface area (Å²) in [6.45, 7) is 4.54. The molecule has 214 valence electrons. The zero-order valence-electron chi connectivity index (χ0n) is 23.1. The maximum Gasteiger partial charge on any atom is 0.303 e. The number of rotatable bonds is 12. The van der Waals surface area contributed by atoms with Gasteiger partial charge in [0.15, 0.2) is 6.61 Å². The highest BCUT2D eigenvalue weighted by molar-refractivity contribution is 7.87. The summed E-state index contributed by atoms with van der Waals surface area (Å²) in [7, 11) is -1.33. The minimum absolute atomic E-state index is 0.143. The van der Waals surface area contributed by atoms with E-state index in [1.165, 1.54) is 26.6 Å². The molecular formula is C28H39FN4O5S. The van der Waals surface area contributed by atoms with E-state index in [2.05, 4.69) is 24.1 Å². The molecule has 2 aromatic carbocycles. The lowest BCUT2D eigenvalue weighted by molar-refractivity contribution is -0.121. The van der Waals surface area contributed by atoms with E-state index in [4.69, 9.17) is 4.74 Å². The van der Waals surface area contributed by atoms with Crippen molar-refractivity contribution in [2.45, 2.75) is 58.4 Å². The SMILES string of the molecule is CC(C)CN(c1ccc(OCC(=O)NS(=O)(=O)N(C)C)cc1NC(=O)Cc1ccccc1F)C1CCCCC1. The van der Waals surface area contributed by atoms with E-state index in [-0.39, 0.29) is 23.6 Å². The van der Waals surface area contributed by atoms with Crippen molar-refractivity contribution in [1.29, 1.82) is 0 Å². The fourth-order valence-corrected chi connectivity index (χ4v) is 5.14. The summed E-state index contributed by atoms with van der Waals surface area (Å²) in [4.78, 5) is 27.5. The van der Waals surface area contributed by atoms with Gasteiger partial charge in [-0.2, -0.15) is 12.7 Å². The molecule has 1 aliphatic rings. The Hall–Kier alpha value is -3.18. The molecule has 11 heteroatoms. The van der Waals surface area contributed by atoms with Crippen molar-refractivity contribution in [2.24, 2.45) is 5.92 Å². The van der Waals surface area contributed by atoms with Crippen LogP contribution in [0.3, 0.4) is 0 Å². The highest BCUT2D eigenvalue weighted by atomic mass is 32.2. The number of hydrogen-bond donors (Lipinski definition) is 2. The second-order valence-electron chi connectivity index (χ2n) is 10.4. The van der Waals surface area contributed by atoms with Crippen LogP contribution in [0.2, 0.25) is 0 Å². The topological polar surface area (TPSA) is 108 Å². The number of amides is 2. The molecule has 0 unspecified atom stereocenters. The van der Waals surface area contributed by atoms with Crippen molar-refractivity contribution in [3.8, 4) is 5.75 Å². The summed E-state index contributed by atoms with van der Waals surface area (Å²) >= 11 is 0. The highest BCUT2D eigenvalue weighted by Gasteiger charge is 2.25. The van der Waals surface area contributed by atoms with Crippen LogP contribution in [0.1, 0.15) is 51.5 Å². The van der Waals surface area contributed by atoms with Gasteiger partial charge in [-0.3, -0.25) is 9.59 Å². The van der Waals surface area contributed by atoms with Crippen molar-refractivity contribution >= 4 is 33.4 Å². The number of ether oxygens (including phenoxy) is 1. The zero-order valence-corrected chi connectivity index (χ0v) is 23.9. The Morgan fingerprint density at radius 3 is 2.38 bits per heavy atom. The van der Waals surface area contributed by atoms with Crippen molar-refractivity contribution in [1.82, 2.24) is 9.03 Å². The molecule has 0 saturated heterocycles. The van der Waals surface area contributed by atoms with E-state index in [1.54, 1.807) is 30.3 Å². The minimum Gasteiger partial charge on any atom is -0.484 e. The minimum atomic E-state index is -3.94. The van der Waals surface area contributed by atoms with Gasteiger partial charge in [-0.05, 0) is 42.5 Å². The lowest BCUT2D eigenvalue weighted by atomic mass is 9.93. The molecular weight excluding hydrogens is 523 g/mol. The molecule has 1 fully saturated rings. The molecule has 2 amide bonds. The number of anilines is 2. The molecule has 2 aromatic rings. The fraction of sp³-hybridized carbons (Fsp3) is 0.500. The largest absolute Gasteiger partial charge is 0.484 e. The van der Waals surface area contributed by atoms with Crippen LogP contribution in [-0.2, 0) is 26.2 Å². The van der Waals surface area contributed by atoms with Gasteiger partial charge in [-0.1, -0.05) is 51.3 Å². The number of halogens is 1. The third-order valence-electron chi connectivity index (χ3n) is 6.53. The Bertz CT molecular complexity index is 1250. The van der Waals surface area contributed by atoms with Gasteiger partial charge in [0.25, 0.3) is 5.91 Å². The number of carbonyl (C=O) groups is 2. The number of hydrogen-bond acceptors (Lipinski definition) is 6. The van der Waals surface area contributed by atoms with Crippen molar-refractivity contribution in [3.63, 3.8) is 0 Å². The van der Waals surface area contributed by atoms with Crippen LogP contribution in [0.4, 0.5) is 15.8 Å². The number of benzene rings is 2. The standard InChI is InChI=1S/C28H39FN4O5S/c1-20(2)18-33(22-11-6-5-7-12-22)26-15-14-23(38-19-28(35)31-39(36,37)32(3)4)17-25(26)30-27(34)16-21-10-8-9-13-24(21)29/h8-10,13-15,17,20,22H,5-7,11-12,16,18-19H2,1-4H3,(H,30,34)(H,31,35). The average Bonchev–Trinajstić information content (AvgIpc) is 2.88. The average molecular weight is 563 g/mol. The van der Waals surface area contributed by atoms with Crippen LogP contribution in [0.15, 0.2) is 42.5 Å². The summed E-state index contributed by atoms with van der Waals surface area (Å²) in [5.41, 5.74) is 1.60. The van der Waals surface area contributed by atoms with Gasteiger partial charge < -0.3 is 15.0 Å². The van der Waals surface area contributed by atoms with E-state index >= 15 is 0 Å². The summed E-state index contributed by atoms with van der Waals surface area (Å²) in [5, 5.41) is 2.93. The Labute approximate surface area is 230 Å². The summed E-state index contributed by atoms with van der Waals surface area (Å²) in [6, 6.07) is 11.6.